The van der Waals surface area contributed by atoms with Gasteiger partial charge < -0.3 is 14.7 Å². The zero-order chi connectivity index (χ0) is 13.9. The van der Waals surface area contributed by atoms with Gasteiger partial charge in [-0.1, -0.05) is 6.42 Å². The Morgan fingerprint density at radius 1 is 1.37 bits per heavy atom. The van der Waals surface area contributed by atoms with Crippen LogP contribution in [-0.2, 0) is 14.3 Å². The highest BCUT2D eigenvalue weighted by atomic mass is 16.5. The molecule has 2 aliphatic rings. The topological polar surface area (TPSA) is 66.8 Å². The van der Waals surface area contributed by atoms with Crippen molar-refractivity contribution in [2.24, 2.45) is 11.3 Å². The molecule has 0 aromatic rings. The first-order valence-corrected chi connectivity index (χ1v) is 7.10. The molecule has 1 N–H and O–H groups in total. The van der Waals surface area contributed by atoms with Gasteiger partial charge >= 0.3 is 5.97 Å². The Morgan fingerprint density at radius 3 is 2.63 bits per heavy atom. The molecule has 1 aliphatic heterocycles. The highest BCUT2D eigenvalue weighted by Gasteiger charge is 2.46. The summed E-state index contributed by atoms with van der Waals surface area (Å²) in [7, 11) is 1.65. The number of ether oxygens (including phenoxy) is 1. The summed E-state index contributed by atoms with van der Waals surface area (Å²) >= 11 is 0. The fraction of sp³-hybridized carbons (Fsp3) is 0.857. The zero-order valence-electron chi connectivity index (χ0n) is 11.6. The maximum Gasteiger partial charge on any atom is 0.308 e. The maximum absolute atomic E-state index is 12.7. The summed E-state index contributed by atoms with van der Waals surface area (Å²) in [6, 6.07) is 0. The zero-order valence-corrected chi connectivity index (χ0v) is 11.6. The van der Waals surface area contributed by atoms with Crippen molar-refractivity contribution in [2.45, 2.75) is 38.5 Å². The Balaban J connectivity index is 1.99. The maximum atomic E-state index is 12.7. The van der Waals surface area contributed by atoms with E-state index >= 15 is 0 Å². The van der Waals surface area contributed by atoms with Crippen molar-refractivity contribution >= 4 is 11.9 Å². The molecule has 19 heavy (non-hydrogen) atoms. The van der Waals surface area contributed by atoms with Crippen LogP contribution in [0.3, 0.4) is 0 Å². The first kappa shape index (κ1) is 14.3. The van der Waals surface area contributed by atoms with E-state index in [4.69, 9.17) is 9.84 Å². The predicted molar refractivity (Wildman–Crippen MR) is 69.7 cm³/mol. The van der Waals surface area contributed by atoms with Gasteiger partial charge in [-0.05, 0) is 32.1 Å². The Kier molecular flexibility index (Phi) is 4.45. The molecule has 1 atom stereocenters. The van der Waals surface area contributed by atoms with E-state index in [-0.39, 0.29) is 11.3 Å². The van der Waals surface area contributed by atoms with Gasteiger partial charge in [-0.25, -0.2) is 0 Å². The van der Waals surface area contributed by atoms with Crippen LogP contribution in [0.5, 0.6) is 0 Å². The molecule has 0 aromatic heterocycles. The largest absolute Gasteiger partial charge is 0.481 e. The summed E-state index contributed by atoms with van der Waals surface area (Å²) in [6.07, 6.45) is 5.17. The summed E-state index contributed by atoms with van der Waals surface area (Å²) in [5, 5.41) is 9.10. The number of aliphatic carboxylic acids is 1. The third-order valence-corrected chi connectivity index (χ3v) is 4.61. The molecule has 5 nitrogen and oxygen atoms in total. The van der Waals surface area contributed by atoms with Gasteiger partial charge in [0.15, 0.2) is 0 Å². The van der Waals surface area contributed by atoms with Crippen molar-refractivity contribution in [3.63, 3.8) is 0 Å². The van der Waals surface area contributed by atoms with Gasteiger partial charge in [0.25, 0.3) is 0 Å². The third kappa shape index (κ3) is 2.91. The second kappa shape index (κ2) is 5.90. The molecule has 1 saturated carbocycles. The van der Waals surface area contributed by atoms with Crippen molar-refractivity contribution in [3.05, 3.63) is 0 Å². The lowest BCUT2D eigenvalue weighted by atomic mass is 9.65. The molecule has 5 heteroatoms. The SMILES string of the molecule is COCCC1(C(=O)N2CCCC(C(=O)O)C2)CCC1. The van der Waals surface area contributed by atoms with Crippen LogP contribution >= 0.6 is 0 Å². The highest BCUT2D eigenvalue weighted by Crippen LogP contribution is 2.46. The van der Waals surface area contributed by atoms with E-state index in [0.29, 0.717) is 26.1 Å². The van der Waals surface area contributed by atoms with E-state index in [2.05, 4.69) is 0 Å². The fourth-order valence-corrected chi connectivity index (χ4v) is 3.17. The Bertz CT molecular complexity index is 351. The number of hydrogen-bond acceptors (Lipinski definition) is 3. The van der Waals surface area contributed by atoms with Crippen molar-refractivity contribution in [1.82, 2.24) is 4.90 Å². The van der Waals surface area contributed by atoms with Crippen molar-refractivity contribution in [1.29, 1.82) is 0 Å². The van der Waals surface area contributed by atoms with Gasteiger partial charge in [0.05, 0.1) is 11.3 Å². The lowest BCUT2D eigenvalue weighted by molar-refractivity contribution is -0.154. The van der Waals surface area contributed by atoms with Crippen molar-refractivity contribution in [2.75, 3.05) is 26.8 Å². The van der Waals surface area contributed by atoms with Crippen LogP contribution < -0.4 is 0 Å². The molecule has 1 heterocycles. The van der Waals surface area contributed by atoms with Crippen LogP contribution in [0.15, 0.2) is 0 Å². The monoisotopic (exact) mass is 269 g/mol. The molecule has 0 radical (unpaired) electrons. The number of likely N-dealkylation sites (tertiary alicyclic amines) is 1. The van der Waals surface area contributed by atoms with Gasteiger partial charge in [0, 0.05) is 26.8 Å². The van der Waals surface area contributed by atoms with E-state index in [0.717, 1.165) is 32.1 Å². The molecule has 1 aliphatic carbocycles. The van der Waals surface area contributed by atoms with Gasteiger partial charge in [-0.15, -0.1) is 0 Å². The number of amides is 1. The van der Waals surface area contributed by atoms with Gasteiger partial charge in [0.2, 0.25) is 5.91 Å². The van der Waals surface area contributed by atoms with E-state index < -0.39 is 11.9 Å². The van der Waals surface area contributed by atoms with E-state index in [1.54, 1.807) is 12.0 Å². The minimum Gasteiger partial charge on any atom is -0.481 e. The Hall–Kier alpha value is -1.10. The van der Waals surface area contributed by atoms with E-state index in [9.17, 15) is 9.59 Å². The summed E-state index contributed by atoms with van der Waals surface area (Å²) in [5.41, 5.74) is -0.267. The molecule has 2 rings (SSSR count). The minimum atomic E-state index is -0.781. The molecule has 0 bridgehead atoms. The number of carbonyl (C=O) groups is 2. The average Bonchev–Trinajstić information content (AvgIpc) is 2.37. The van der Waals surface area contributed by atoms with Crippen LogP contribution in [0.25, 0.3) is 0 Å². The molecule has 108 valence electrons. The Labute approximate surface area is 113 Å². The second-order valence-corrected chi connectivity index (χ2v) is 5.81. The van der Waals surface area contributed by atoms with Gasteiger partial charge in [0.1, 0.15) is 0 Å². The van der Waals surface area contributed by atoms with Crippen molar-refractivity contribution < 1.29 is 19.4 Å². The van der Waals surface area contributed by atoms with Crippen LogP contribution in [0.1, 0.15) is 38.5 Å². The van der Waals surface area contributed by atoms with E-state index in [1.807, 2.05) is 0 Å². The number of piperidine rings is 1. The van der Waals surface area contributed by atoms with Gasteiger partial charge in [-0.3, -0.25) is 9.59 Å². The summed E-state index contributed by atoms with van der Waals surface area (Å²) in [5.74, 6) is -1.02. The first-order chi connectivity index (χ1) is 9.09. The second-order valence-electron chi connectivity index (χ2n) is 5.81. The summed E-state index contributed by atoms with van der Waals surface area (Å²) in [6.45, 7) is 1.68. The standard InChI is InChI=1S/C14H23NO4/c1-19-9-7-14(5-3-6-14)13(18)15-8-2-4-11(10-15)12(16)17/h11H,2-10H2,1H3,(H,16,17). The quantitative estimate of drug-likeness (QED) is 0.821. The molecular formula is C14H23NO4. The fourth-order valence-electron chi connectivity index (χ4n) is 3.17. The normalized spacial score (nSPS) is 25.7. The highest BCUT2D eigenvalue weighted by molar-refractivity contribution is 5.84. The smallest absolute Gasteiger partial charge is 0.308 e. The number of carboxylic acids is 1. The number of nitrogens with zero attached hydrogens (tertiary/aromatic N) is 1. The molecule has 1 unspecified atom stereocenters. The van der Waals surface area contributed by atoms with Crippen LogP contribution in [-0.4, -0.2) is 48.7 Å². The molecule has 1 saturated heterocycles. The lowest BCUT2D eigenvalue weighted by Crippen LogP contribution is -2.52. The van der Waals surface area contributed by atoms with Crippen LogP contribution in [0.2, 0.25) is 0 Å². The average molecular weight is 269 g/mol. The summed E-state index contributed by atoms with van der Waals surface area (Å²) in [4.78, 5) is 25.5. The molecule has 0 spiro atoms. The minimum absolute atomic E-state index is 0.154. The van der Waals surface area contributed by atoms with Crippen LogP contribution in [0.4, 0.5) is 0 Å². The number of methoxy groups -OCH3 is 1. The van der Waals surface area contributed by atoms with Gasteiger partial charge in [-0.2, -0.15) is 0 Å². The molecular weight excluding hydrogens is 246 g/mol. The first-order valence-electron chi connectivity index (χ1n) is 7.10. The number of rotatable bonds is 5. The Morgan fingerprint density at radius 2 is 2.11 bits per heavy atom. The molecule has 0 aromatic carbocycles. The number of carboxylic acid groups (broad SMARTS) is 1. The summed E-state index contributed by atoms with van der Waals surface area (Å²) < 4.78 is 5.11. The predicted octanol–water partition coefficient (Wildman–Crippen LogP) is 1.52. The third-order valence-electron chi connectivity index (χ3n) is 4.61. The van der Waals surface area contributed by atoms with E-state index in [1.165, 1.54) is 0 Å². The number of carbonyl (C=O) groups excluding carboxylic acids is 1. The van der Waals surface area contributed by atoms with Crippen molar-refractivity contribution in [3.8, 4) is 0 Å². The lowest BCUT2D eigenvalue weighted by Gasteiger charge is -2.45. The number of hydrogen-bond donors (Lipinski definition) is 1. The molecule has 2 fully saturated rings. The molecule has 1 amide bonds. The van der Waals surface area contributed by atoms with Crippen LogP contribution in [0, 0.1) is 11.3 Å².